The molecule has 14 heavy (non-hydrogen) atoms. The van der Waals surface area contributed by atoms with E-state index in [4.69, 9.17) is 0 Å². The third-order valence-electron chi connectivity index (χ3n) is 2.07. The minimum Gasteiger partial charge on any atom is -0.264 e. The van der Waals surface area contributed by atoms with Gasteiger partial charge in [0, 0.05) is 10.5 Å². The van der Waals surface area contributed by atoms with E-state index in [0.29, 0.717) is 5.56 Å². The maximum atomic E-state index is 10.4. The zero-order valence-corrected chi connectivity index (χ0v) is 7.38. The first kappa shape index (κ1) is 8.69. The van der Waals surface area contributed by atoms with Gasteiger partial charge in [0.15, 0.2) is 0 Å². The Labute approximate surface area is 81.1 Å². The molecule has 0 atom stereocenters. The van der Waals surface area contributed by atoms with Gasteiger partial charge < -0.3 is 0 Å². The van der Waals surface area contributed by atoms with Gasteiger partial charge in [-0.05, 0) is 10.8 Å². The van der Waals surface area contributed by atoms with E-state index in [1.807, 2.05) is 36.4 Å². The molecular weight excluding hydrogens is 178 g/mol. The Morgan fingerprint density at radius 2 is 1.79 bits per heavy atom. The van der Waals surface area contributed by atoms with Crippen molar-refractivity contribution in [1.82, 2.24) is 0 Å². The number of hydrogen-bond acceptors (Lipinski definition) is 2. The molecule has 3 nitrogen and oxygen atoms in total. The van der Waals surface area contributed by atoms with E-state index in [2.05, 4.69) is 0 Å². The molecule has 0 heterocycles. The molecule has 2 aromatic rings. The van der Waals surface area contributed by atoms with Gasteiger partial charge in [-0.15, -0.1) is 0 Å². The van der Waals surface area contributed by atoms with Crippen LogP contribution in [0.2, 0.25) is 0 Å². The number of nitro groups is 1. The largest absolute Gasteiger partial charge is 0.308 e. The van der Waals surface area contributed by atoms with Gasteiger partial charge in [-0.3, -0.25) is 10.1 Å². The van der Waals surface area contributed by atoms with Crippen molar-refractivity contribution in [2.75, 3.05) is 0 Å². The third-order valence-corrected chi connectivity index (χ3v) is 2.07. The second kappa shape index (κ2) is 3.46. The van der Waals surface area contributed by atoms with Crippen LogP contribution in [0.4, 0.5) is 0 Å². The zero-order valence-electron chi connectivity index (χ0n) is 7.38. The summed E-state index contributed by atoms with van der Waals surface area (Å²) in [6, 6.07) is 13.1. The summed E-state index contributed by atoms with van der Waals surface area (Å²) < 4.78 is 0. The van der Waals surface area contributed by atoms with Crippen molar-refractivity contribution in [2.24, 2.45) is 0 Å². The molecule has 1 radical (unpaired) electrons. The molecule has 3 heteroatoms. The number of fused-ring (bicyclic) bond motifs is 1. The summed E-state index contributed by atoms with van der Waals surface area (Å²) in [6.07, 6.45) is 0. The predicted molar refractivity (Wildman–Crippen MR) is 54.3 cm³/mol. The van der Waals surface area contributed by atoms with Crippen LogP contribution in [-0.2, 0) is 0 Å². The summed E-state index contributed by atoms with van der Waals surface area (Å²) in [6.45, 7) is 1.03. The summed E-state index contributed by atoms with van der Waals surface area (Å²) in [5.41, 5.74) is 0.646. The molecule has 2 aromatic carbocycles. The lowest BCUT2D eigenvalue weighted by Gasteiger charge is -2.00. The van der Waals surface area contributed by atoms with Gasteiger partial charge in [0.2, 0.25) is 0 Å². The van der Waals surface area contributed by atoms with Gasteiger partial charge in [0.25, 0.3) is 0 Å². The van der Waals surface area contributed by atoms with Crippen molar-refractivity contribution in [3.8, 4) is 0 Å². The zero-order chi connectivity index (χ0) is 9.97. The highest BCUT2D eigenvalue weighted by Gasteiger charge is 2.07. The van der Waals surface area contributed by atoms with Crippen LogP contribution in [0, 0.1) is 16.7 Å². The monoisotopic (exact) mass is 186 g/mol. The summed E-state index contributed by atoms with van der Waals surface area (Å²) in [5, 5.41) is 12.3. The number of hydrogen-bond donors (Lipinski definition) is 0. The molecule has 2 rings (SSSR count). The first-order chi connectivity index (χ1) is 6.77. The Balaban J connectivity index is 2.59. The lowest BCUT2D eigenvalue weighted by atomic mass is 10.1. The molecule has 0 N–H and O–H groups in total. The molecule has 69 valence electrons. The molecule has 0 saturated carbocycles. The SMILES string of the molecule is O=[N+]([O-])[CH]c1cccc2ccccc12. The molecule has 0 aliphatic carbocycles. The summed E-state index contributed by atoms with van der Waals surface area (Å²) in [5.74, 6) is 0. The molecule has 0 bridgehead atoms. The highest BCUT2D eigenvalue weighted by Crippen LogP contribution is 2.19. The standard InChI is InChI=1S/C11H8NO2/c13-12(14)8-10-6-3-5-9-4-1-2-7-11(9)10/h1-8H. The number of rotatable bonds is 2. The lowest BCUT2D eigenvalue weighted by Crippen LogP contribution is -1.95. The average Bonchev–Trinajstić information content (AvgIpc) is 2.18. The maximum Gasteiger partial charge on any atom is 0.308 e. The fourth-order valence-corrected chi connectivity index (χ4v) is 1.48. The molecule has 0 spiro atoms. The van der Waals surface area contributed by atoms with Crippen molar-refractivity contribution in [1.29, 1.82) is 0 Å². The smallest absolute Gasteiger partial charge is 0.264 e. The molecule has 0 fully saturated rings. The Morgan fingerprint density at radius 3 is 2.57 bits per heavy atom. The second-order valence-electron chi connectivity index (χ2n) is 2.98. The first-order valence-corrected chi connectivity index (χ1v) is 4.23. The molecule has 0 saturated heterocycles. The van der Waals surface area contributed by atoms with Crippen molar-refractivity contribution in [3.05, 3.63) is 64.7 Å². The fourth-order valence-electron chi connectivity index (χ4n) is 1.48. The molecule has 0 amide bonds. The maximum absolute atomic E-state index is 10.4. The summed E-state index contributed by atoms with van der Waals surface area (Å²) in [7, 11) is 0. The minimum atomic E-state index is -0.429. The number of nitrogens with zero attached hydrogens (tertiary/aromatic N) is 1. The predicted octanol–water partition coefficient (Wildman–Crippen LogP) is 2.63. The van der Waals surface area contributed by atoms with Crippen LogP contribution < -0.4 is 0 Å². The van der Waals surface area contributed by atoms with E-state index in [1.54, 1.807) is 6.07 Å². The minimum absolute atomic E-state index is 0.429. The van der Waals surface area contributed by atoms with Gasteiger partial charge in [0.1, 0.15) is 0 Å². The van der Waals surface area contributed by atoms with Crippen LogP contribution >= 0.6 is 0 Å². The van der Waals surface area contributed by atoms with Gasteiger partial charge in [-0.1, -0.05) is 42.5 Å². The van der Waals surface area contributed by atoms with Crippen LogP contribution in [0.3, 0.4) is 0 Å². The van der Waals surface area contributed by atoms with Crippen molar-refractivity contribution >= 4 is 10.8 Å². The first-order valence-electron chi connectivity index (χ1n) is 4.23. The Kier molecular flexibility index (Phi) is 2.14. The van der Waals surface area contributed by atoms with Crippen molar-refractivity contribution < 1.29 is 4.92 Å². The highest BCUT2D eigenvalue weighted by molar-refractivity contribution is 5.86. The van der Waals surface area contributed by atoms with Crippen molar-refractivity contribution in [2.45, 2.75) is 0 Å². The van der Waals surface area contributed by atoms with Gasteiger partial charge in [-0.25, -0.2) is 0 Å². The van der Waals surface area contributed by atoms with Crippen LogP contribution in [0.25, 0.3) is 10.8 Å². The van der Waals surface area contributed by atoms with Crippen LogP contribution in [0.5, 0.6) is 0 Å². The van der Waals surface area contributed by atoms with Gasteiger partial charge >= 0.3 is 6.54 Å². The normalized spacial score (nSPS) is 10.3. The van der Waals surface area contributed by atoms with Crippen LogP contribution in [0.15, 0.2) is 42.5 Å². The Hall–Kier alpha value is -1.90. The molecule has 0 aliphatic heterocycles. The quantitative estimate of drug-likeness (QED) is 0.534. The third kappa shape index (κ3) is 1.57. The van der Waals surface area contributed by atoms with Gasteiger partial charge in [-0.2, -0.15) is 0 Å². The molecule has 0 aliphatic rings. The molecule has 0 aromatic heterocycles. The molecule has 0 unspecified atom stereocenters. The van der Waals surface area contributed by atoms with E-state index < -0.39 is 4.92 Å². The van der Waals surface area contributed by atoms with E-state index >= 15 is 0 Å². The molecular formula is C11H8NO2. The lowest BCUT2D eigenvalue weighted by molar-refractivity contribution is -0.429. The second-order valence-corrected chi connectivity index (χ2v) is 2.98. The Morgan fingerprint density at radius 1 is 1.07 bits per heavy atom. The van der Waals surface area contributed by atoms with Crippen molar-refractivity contribution in [3.63, 3.8) is 0 Å². The summed E-state index contributed by atoms with van der Waals surface area (Å²) >= 11 is 0. The van der Waals surface area contributed by atoms with E-state index in [-0.39, 0.29) is 0 Å². The van der Waals surface area contributed by atoms with E-state index in [0.717, 1.165) is 17.3 Å². The average molecular weight is 186 g/mol. The highest BCUT2D eigenvalue weighted by atomic mass is 16.6. The Bertz CT molecular complexity index is 474. The summed E-state index contributed by atoms with van der Waals surface area (Å²) in [4.78, 5) is 9.93. The van der Waals surface area contributed by atoms with Crippen LogP contribution in [0.1, 0.15) is 5.56 Å². The topological polar surface area (TPSA) is 43.1 Å². The van der Waals surface area contributed by atoms with Gasteiger partial charge in [0.05, 0.1) is 0 Å². The van der Waals surface area contributed by atoms with E-state index in [1.165, 1.54) is 0 Å². The number of benzene rings is 2. The van der Waals surface area contributed by atoms with E-state index in [9.17, 15) is 10.1 Å². The fraction of sp³-hybridized carbons (Fsp3) is 0. The van der Waals surface area contributed by atoms with Crippen LogP contribution in [-0.4, -0.2) is 4.92 Å².